The van der Waals surface area contributed by atoms with E-state index in [0.29, 0.717) is 6.10 Å². The lowest BCUT2D eigenvalue weighted by Crippen LogP contribution is -2.22. The van der Waals surface area contributed by atoms with Gasteiger partial charge in [0.25, 0.3) is 0 Å². The lowest BCUT2D eigenvalue weighted by atomic mass is 10.0. The number of aliphatic hydroxyl groups excluding tert-OH is 1. The summed E-state index contributed by atoms with van der Waals surface area (Å²) in [6.07, 6.45) is 4.08. The molecule has 2 aliphatic rings. The van der Waals surface area contributed by atoms with E-state index in [4.69, 9.17) is 4.74 Å². The monoisotopic (exact) mass is 254 g/mol. The lowest BCUT2D eigenvalue weighted by Gasteiger charge is -2.15. The third-order valence-electron chi connectivity index (χ3n) is 3.66. The van der Waals surface area contributed by atoms with Crippen LogP contribution in [-0.4, -0.2) is 36.4 Å². The van der Waals surface area contributed by atoms with E-state index in [-0.39, 0.29) is 6.10 Å². The van der Waals surface area contributed by atoms with Gasteiger partial charge in [0.05, 0.1) is 17.9 Å². The van der Waals surface area contributed by atoms with Gasteiger partial charge in [0.2, 0.25) is 0 Å². The Kier molecular flexibility index (Phi) is 3.06. The van der Waals surface area contributed by atoms with Crippen LogP contribution in [0.25, 0.3) is 0 Å². The summed E-state index contributed by atoms with van der Waals surface area (Å²) in [6, 6.07) is 0. The van der Waals surface area contributed by atoms with Gasteiger partial charge in [-0.3, -0.25) is 0 Å². The highest BCUT2D eigenvalue weighted by Crippen LogP contribution is 2.37. The Hall–Kier alpha value is -0.650. The second-order valence-corrected chi connectivity index (χ2v) is 5.87. The van der Waals surface area contributed by atoms with Crippen molar-refractivity contribution in [2.75, 3.05) is 25.1 Å². The molecule has 4 nitrogen and oxygen atoms in total. The van der Waals surface area contributed by atoms with Crippen molar-refractivity contribution in [3.63, 3.8) is 0 Å². The number of hydrogen-bond donors (Lipinski definition) is 1. The zero-order chi connectivity index (χ0) is 11.8. The number of aliphatic hydroxyl groups is 1. The molecule has 0 aromatic carbocycles. The van der Waals surface area contributed by atoms with Gasteiger partial charge in [-0.25, -0.2) is 4.98 Å². The van der Waals surface area contributed by atoms with Crippen molar-refractivity contribution in [1.82, 2.24) is 4.98 Å². The fourth-order valence-corrected chi connectivity index (χ4v) is 3.80. The molecule has 0 radical (unpaired) electrons. The van der Waals surface area contributed by atoms with Crippen LogP contribution in [0.1, 0.15) is 35.9 Å². The number of rotatable bonds is 2. The van der Waals surface area contributed by atoms with Crippen LogP contribution in [0.15, 0.2) is 0 Å². The molecule has 1 aliphatic heterocycles. The van der Waals surface area contributed by atoms with Gasteiger partial charge in [-0.05, 0) is 25.7 Å². The van der Waals surface area contributed by atoms with Gasteiger partial charge in [-0.1, -0.05) is 0 Å². The molecule has 3 rings (SSSR count). The zero-order valence-corrected chi connectivity index (χ0v) is 10.9. The van der Waals surface area contributed by atoms with Crippen molar-refractivity contribution in [2.45, 2.75) is 37.9 Å². The number of fused-ring (bicyclic) bond motifs is 1. The van der Waals surface area contributed by atoms with E-state index >= 15 is 0 Å². The van der Waals surface area contributed by atoms with Gasteiger partial charge in [-0.2, -0.15) is 0 Å². The fraction of sp³-hybridized carbons (Fsp3) is 0.750. The Morgan fingerprint density at radius 1 is 1.47 bits per heavy atom. The van der Waals surface area contributed by atoms with Gasteiger partial charge in [0, 0.05) is 25.1 Å². The van der Waals surface area contributed by atoms with E-state index < -0.39 is 0 Å². The summed E-state index contributed by atoms with van der Waals surface area (Å²) in [7, 11) is 1.77. The molecular formula is C12H18N2O2S. The topological polar surface area (TPSA) is 45.6 Å². The third-order valence-corrected chi connectivity index (χ3v) is 4.85. The van der Waals surface area contributed by atoms with Crippen molar-refractivity contribution in [3.05, 3.63) is 10.6 Å². The Morgan fingerprint density at radius 2 is 2.35 bits per heavy atom. The van der Waals surface area contributed by atoms with Crippen LogP contribution in [0, 0.1) is 0 Å². The maximum absolute atomic E-state index is 9.92. The van der Waals surface area contributed by atoms with Gasteiger partial charge < -0.3 is 14.7 Å². The minimum atomic E-state index is -0.343. The number of hydrogen-bond acceptors (Lipinski definition) is 5. The smallest absolute Gasteiger partial charge is 0.185 e. The van der Waals surface area contributed by atoms with Gasteiger partial charge in [0.15, 0.2) is 5.13 Å². The van der Waals surface area contributed by atoms with Gasteiger partial charge in [-0.15, -0.1) is 11.3 Å². The third kappa shape index (κ3) is 2.07. The summed E-state index contributed by atoms with van der Waals surface area (Å²) in [5, 5.41) is 11.0. The number of aryl methyl sites for hydroxylation is 1. The fourth-order valence-electron chi connectivity index (χ4n) is 2.61. The van der Waals surface area contributed by atoms with Crippen molar-refractivity contribution >= 4 is 16.5 Å². The zero-order valence-electron chi connectivity index (χ0n) is 10.1. The average molecular weight is 254 g/mol. The Labute approximate surface area is 105 Å². The molecule has 0 spiro atoms. The van der Waals surface area contributed by atoms with Crippen LogP contribution in [-0.2, 0) is 11.2 Å². The van der Waals surface area contributed by atoms with Crippen molar-refractivity contribution in [3.8, 4) is 0 Å². The second kappa shape index (κ2) is 4.55. The number of thiazole rings is 1. The molecule has 17 heavy (non-hydrogen) atoms. The normalized spacial score (nSPS) is 28.5. The second-order valence-electron chi connectivity index (χ2n) is 4.81. The quantitative estimate of drug-likeness (QED) is 0.873. The molecule has 2 heterocycles. The molecule has 1 N–H and O–H groups in total. The Bertz CT molecular complexity index is 407. The standard InChI is InChI=1S/C12H18N2O2S/c1-16-8-5-6-14(7-8)12-13-11-9(15)3-2-4-10(11)17-12/h8-9,15H,2-7H2,1H3. The average Bonchev–Trinajstić information content (AvgIpc) is 2.95. The van der Waals surface area contributed by atoms with E-state index in [1.54, 1.807) is 18.4 Å². The van der Waals surface area contributed by atoms with E-state index in [9.17, 15) is 5.11 Å². The highest BCUT2D eigenvalue weighted by Gasteiger charge is 2.28. The first-order valence-electron chi connectivity index (χ1n) is 6.23. The van der Waals surface area contributed by atoms with E-state index in [1.807, 2.05) is 0 Å². The molecule has 2 atom stereocenters. The minimum absolute atomic E-state index is 0.334. The van der Waals surface area contributed by atoms with Crippen LogP contribution < -0.4 is 4.90 Å². The molecule has 1 aromatic heterocycles. The first-order chi connectivity index (χ1) is 8.28. The SMILES string of the molecule is COC1CCN(c2nc3c(s2)CCCC3O)C1. The number of aromatic nitrogens is 1. The summed E-state index contributed by atoms with van der Waals surface area (Å²) in [4.78, 5) is 8.18. The predicted molar refractivity (Wildman–Crippen MR) is 67.6 cm³/mol. The Balaban J connectivity index is 1.80. The van der Waals surface area contributed by atoms with Crippen LogP contribution in [0.4, 0.5) is 5.13 Å². The number of ether oxygens (including phenoxy) is 1. The van der Waals surface area contributed by atoms with E-state index in [1.165, 1.54) is 4.88 Å². The predicted octanol–water partition coefficient (Wildman–Crippen LogP) is 1.74. The van der Waals surface area contributed by atoms with Crippen molar-refractivity contribution in [1.29, 1.82) is 0 Å². The summed E-state index contributed by atoms with van der Waals surface area (Å²) >= 11 is 1.75. The molecule has 0 saturated carbocycles. The molecule has 5 heteroatoms. The molecule has 1 fully saturated rings. The van der Waals surface area contributed by atoms with Crippen LogP contribution >= 0.6 is 11.3 Å². The first-order valence-corrected chi connectivity index (χ1v) is 7.05. The molecule has 1 aliphatic carbocycles. The number of methoxy groups -OCH3 is 1. The minimum Gasteiger partial charge on any atom is -0.387 e. The molecule has 2 unspecified atom stereocenters. The highest BCUT2D eigenvalue weighted by atomic mass is 32.1. The van der Waals surface area contributed by atoms with Crippen molar-refractivity contribution in [2.24, 2.45) is 0 Å². The summed E-state index contributed by atoms with van der Waals surface area (Å²) in [5.41, 5.74) is 0.928. The molecule has 94 valence electrons. The highest BCUT2D eigenvalue weighted by molar-refractivity contribution is 7.15. The molecule has 1 aromatic rings. The van der Waals surface area contributed by atoms with Gasteiger partial charge >= 0.3 is 0 Å². The maximum Gasteiger partial charge on any atom is 0.185 e. The number of nitrogens with zero attached hydrogens (tertiary/aromatic N) is 2. The molecule has 0 amide bonds. The van der Waals surface area contributed by atoms with Gasteiger partial charge in [0.1, 0.15) is 0 Å². The summed E-state index contributed by atoms with van der Waals surface area (Å²) < 4.78 is 5.37. The first kappa shape index (κ1) is 11.4. The van der Waals surface area contributed by atoms with Crippen molar-refractivity contribution < 1.29 is 9.84 Å². The van der Waals surface area contributed by atoms with E-state index in [0.717, 1.165) is 49.6 Å². The maximum atomic E-state index is 9.92. The van der Waals surface area contributed by atoms with Crippen LogP contribution in [0.5, 0.6) is 0 Å². The molecular weight excluding hydrogens is 236 g/mol. The molecule has 0 bridgehead atoms. The molecule has 1 saturated heterocycles. The summed E-state index contributed by atoms with van der Waals surface area (Å²) in [5.74, 6) is 0. The van der Waals surface area contributed by atoms with Crippen LogP contribution in [0.3, 0.4) is 0 Å². The summed E-state index contributed by atoms with van der Waals surface area (Å²) in [6.45, 7) is 1.94. The number of anilines is 1. The Morgan fingerprint density at radius 3 is 3.06 bits per heavy atom. The van der Waals surface area contributed by atoms with E-state index in [2.05, 4.69) is 9.88 Å². The largest absolute Gasteiger partial charge is 0.387 e. The lowest BCUT2D eigenvalue weighted by molar-refractivity contribution is 0.121. The van der Waals surface area contributed by atoms with Crippen LogP contribution in [0.2, 0.25) is 0 Å².